The highest BCUT2D eigenvalue weighted by atomic mass is 16.5. The van der Waals surface area contributed by atoms with Gasteiger partial charge < -0.3 is 15.2 Å². The van der Waals surface area contributed by atoms with Gasteiger partial charge in [0, 0.05) is 19.3 Å². The predicted molar refractivity (Wildman–Crippen MR) is 87.2 cm³/mol. The fourth-order valence-corrected chi connectivity index (χ4v) is 2.08. The van der Waals surface area contributed by atoms with Gasteiger partial charge in [-0.3, -0.25) is 0 Å². The molecule has 2 rings (SSSR count). The van der Waals surface area contributed by atoms with Crippen molar-refractivity contribution < 1.29 is 14.6 Å². The van der Waals surface area contributed by atoms with E-state index in [4.69, 9.17) is 9.84 Å². The number of carboxylic acids is 1. The molecule has 0 spiro atoms. The van der Waals surface area contributed by atoms with E-state index in [1.54, 1.807) is 31.4 Å². The van der Waals surface area contributed by atoms with E-state index in [-0.39, 0.29) is 11.2 Å². The molecule has 0 radical (unpaired) electrons. The number of hydrogen-bond donors (Lipinski definition) is 2. The van der Waals surface area contributed by atoms with Gasteiger partial charge in [0.25, 0.3) is 0 Å². The van der Waals surface area contributed by atoms with Crippen molar-refractivity contribution in [2.45, 2.75) is 26.0 Å². The lowest BCUT2D eigenvalue weighted by Crippen LogP contribution is -2.19. The molecule has 0 unspecified atom stereocenters. The molecule has 0 bridgehead atoms. The Balaban J connectivity index is 1.98. The molecule has 0 amide bonds. The van der Waals surface area contributed by atoms with E-state index in [1.165, 1.54) is 0 Å². The molecule has 0 fully saturated rings. The van der Waals surface area contributed by atoms with Crippen LogP contribution in [0, 0.1) is 0 Å². The van der Waals surface area contributed by atoms with Crippen LogP contribution in [-0.2, 0) is 16.9 Å². The zero-order valence-electron chi connectivity index (χ0n) is 13.1. The molecule has 4 heteroatoms. The normalized spacial score (nSPS) is 11.2. The maximum absolute atomic E-state index is 10.8. The molecule has 0 atom stereocenters. The summed E-state index contributed by atoms with van der Waals surface area (Å²) in [4.78, 5) is 10.8. The summed E-state index contributed by atoms with van der Waals surface area (Å²) in [6.45, 7) is 4.74. The van der Waals surface area contributed by atoms with Crippen LogP contribution in [0.1, 0.15) is 35.3 Å². The second-order valence-electron chi connectivity index (χ2n) is 5.65. The summed E-state index contributed by atoms with van der Waals surface area (Å²) in [5.74, 6) is -0.914. The van der Waals surface area contributed by atoms with Crippen molar-refractivity contribution in [3.8, 4) is 0 Å². The molecule has 2 N–H and O–H groups in total. The Morgan fingerprint density at radius 1 is 1.09 bits per heavy atom. The van der Waals surface area contributed by atoms with E-state index in [0.29, 0.717) is 6.54 Å². The van der Waals surface area contributed by atoms with E-state index >= 15 is 0 Å². The van der Waals surface area contributed by atoms with Crippen LogP contribution in [0.25, 0.3) is 0 Å². The van der Waals surface area contributed by atoms with Gasteiger partial charge in [-0.2, -0.15) is 0 Å². The predicted octanol–water partition coefficient (Wildman–Crippen LogP) is 3.88. The molecule has 0 aromatic heterocycles. The topological polar surface area (TPSA) is 58.6 Å². The quantitative estimate of drug-likeness (QED) is 0.850. The monoisotopic (exact) mass is 299 g/mol. The summed E-state index contributed by atoms with van der Waals surface area (Å²) >= 11 is 0. The first kappa shape index (κ1) is 16.0. The number of carboxylic acid groups (broad SMARTS) is 1. The average Bonchev–Trinajstić information content (AvgIpc) is 2.53. The van der Waals surface area contributed by atoms with E-state index in [2.05, 4.69) is 29.6 Å². The van der Waals surface area contributed by atoms with E-state index < -0.39 is 5.97 Å². The SMILES string of the molecule is COC(C)(C)c1ccc(CNc2ccc(C(=O)O)cc2)cc1. The molecule has 0 heterocycles. The van der Waals surface area contributed by atoms with Gasteiger partial charge in [-0.15, -0.1) is 0 Å². The van der Waals surface area contributed by atoms with Gasteiger partial charge in [-0.25, -0.2) is 4.79 Å². The summed E-state index contributed by atoms with van der Waals surface area (Å²) in [5, 5.41) is 12.1. The highest BCUT2D eigenvalue weighted by molar-refractivity contribution is 5.87. The lowest BCUT2D eigenvalue weighted by atomic mass is 9.97. The lowest BCUT2D eigenvalue weighted by Gasteiger charge is -2.23. The molecule has 0 saturated carbocycles. The van der Waals surface area contributed by atoms with Crippen molar-refractivity contribution in [1.29, 1.82) is 0 Å². The van der Waals surface area contributed by atoms with Crippen LogP contribution in [0.4, 0.5) is 5.69 Å². The standard InChI is InChI=1S/C18H21NO3/c1-18(2,22-3)15-8-4-13(5-9-15)12-19-16-10-6-14(7-11-16)17(20)21/h4-11,19H,12H2,1-3H3,(H,20,21). The van der Waals surface area contributed by atoms with Crippen LogP contribution in [0.5, 0.6) is 0 Å². The Morgan fingerprint density at radius 3 is 2.18 bits per heavy atom. The van der Waals surface area contributed by atoms with Gasteiger partial charge >= 0.3 is 5.97 Å². The molecular formula is C18H21NO3. The van der Waals surface area contributed by atoms with Gasteiger partial charge in [0.05, 0.1) is 11.2 Å². The Kier molecular flexibility index (Phi) is 4.83. The first-order valence-corrected chi connectivity index (χ1v) is 7.14. The second-order valence-corrected chi connectivity index (χ2v) is 5.65. The number of benzene rings is 2. The number of hydrogen-bond acceptors (Lipinski definition) is 3. The number of anilines is 1. The third-order valence-electron chi connectivity index (χ3n) is 3.79. The number of aromatic carboxylic acids is 1. The Hall–Kier alpha value is -2.33. The highest BCUT2D eigenvalue weighted by Crippen LogP contribution is 2.24. The third kappa shape index (κ3) is 3.86. The fraction of sp³-hybridized carbons (Fsp3) is 0.278. The molecular weight excluding hydrogens is 278 g/mol. The van der Waals surface area contributed by atoms with Crippen LogP contribution in [0.3, 0.4) is 0 Å². The number of rotatable bonds is 6. The Morgan fingerprint density at radius 2 is 1.68 bits per heavy atom. The van der Waals surface area contributed by atoms with Crippen molar-refractivity contribution >= 4 is 11.7 Å². The summed E-state index contributed by atoms with van der Waals surface area (Å²) < 4.78 is 5.46. The van der Waals surface area contributed by atoms with Gasteiger partial charge in [-0.05, 0) is 49.2 Å². The van der Waals surface area contributed by atoms with E-state index in [0.717, 1.165) is 16.8 Å². The van der Waals surface area contributed by atoms with Gasteiger partial charge in [-0.1, -0.05) is 24.3 Å². The van der Waals surface area contributed by atoms with Crippen molar-refractivity contribution in [2.24, 2.45) is 0 Å². The molecule has 0 aliphatic heterocycles. The molecule has 0 aliphatic rings. The zero-order valence-corrected chi connectivity index (χ0v) is 13.1. The van der Waals surface area contributed by atoms with Crippen molar-refractivity contribution in [1.82, 2.24) is 0 Å². The fourth-order valence-electron chi connectivity index (χ4n) is 2.08. The lowest BCUT2D eigenvalue weighted by molar-refractivity contribution is 0.0192. The molecule has 0 saturated heterocycles. The Labute approximate surface area is 130 Å². The summed E-state index contributed by atoms with van der Waals surface area (Å²) in [7, 11) is 1.70. The second kappa shape index (κ2) is 6.62. The van der Waals surface area contributed by atoms with Crippen LogP contribution >= 0.6 is 0 Å². The first-order valence-electron chi connectivity index (χ1n) is 7.14. The van der Waals surface area contributed by atoms with Crippen molar-refractivity contribution in [3.63, 3.8) is 0 Å². The third-order valence-corrected chi connectivity index (χ3v) is 3.79. The van der Waals surface area contributed by atoms with Crippen LogP contribution < -0.4 is 5.32 Å². The largest absolute Gasteiger partial charge is 0.478 e. The summed E-state index contributed by atoms with van der Waals surface area (Å²) in [6, 6.07) is 15.0. The summed E-state index contributed by atoms with van der Waals surface area (Å²) in [5.41, 5.74) is 3.17. The van der Waals surface area contributed by atoms with Gasteiger partial charge in [0.2, 0.25) is 0 Å². The van der Waals surface area contributed by atoms with Crippen molar-refractivity contribution in [3.05, 3.63) is 65.2 Å². The highest BCUT2D eigenvalue weighted by Gasteiger charge is 2.18. The minimum absolute atomic E-state index is 0.289. The number of carbonyl (C=O) groups is 1. The average molecular weight is 299 g/mol. The van der Waals surface area contributed by atoms with Crippen LogP contribution in [0.15, 0.2) is 48.5 Å². The minimum atomic E-state index is -0.914. The maximum Gasteiger partial charge on any atom is 0.335 e. The molecule has 116 valence electrons. The van der Waals surface area contributed by atoms with E-state index in [9.17, 15) is 4.79 Å². The van der Waals surface area contributed by atoms with Crippen LogP contribution in [-0.4, -0.2) is 18.2 Å². The van der Waals surface area contributed by atoms with Gasteiger partial charge in [0.15, 0.2) is 0 Å². The molecule has 22 heavy (non-hydrogen) atoms. The Bertz CT molecular complexity index is 630. The molecule has 2 aromatic rings. The number of methoxy groups -OCH3 is 1. The molecule has 0 aliphatic carbocycles. The summed E-state index contributed by atoms with van der Waals surface area (Å²) in [6.07, 6.45) is 0. The zero-order chi connectivity index (χ0) is 16.2. The molecule has 4 nitrogen and oxygen atoms in total. The van der Waals surface area contributed by atoms with Crippen LogP contribution in [0.2, 0.25) is 0 Å². The molecule has 2 aromatic carbocycles. The van der Waals surface area contributed by atoms with Crippen molar-refractivity contribution in [2.75, 3.05) is 12.4 Å². The minimum Gasteiger partial charge on any atom is -0.478 e. The smallest absolute Gasteiger partial charge is 0.335 e. The first-order chi connectivity index (χ1) is 10.4. The number of nitrogens with one attached hydrogen (secondary N) is 1. The maximum atomic E-state index is 10.8. The number of ether oxygens (including phenoxy) is 1. The van der Waals surface area contributed by atoms with Gasteiger partial charge in [0.1, 0.15) is 0 Å². The van der Waals surface area contributed by atoms with E-state index in [1.807, 2.05) is 13.8 Å².